The summed E-state index contributed by atoms with van der Waals surface area (Å²) in [5, 5.41) is 11.6. The number of hydrogen-bond acceptors (Lipinski definition) is 7. The van der Waals surface area contributed by atoms with Crippen molar-refractivity contribution in [2.24, 2.45) is 5.92 Å². The van der Waals surface area contributed by atoms with Gasteiger partial charge in [-0.1, -0.05) is 19.9 Å². The van der Waals surface area contributed by atoms with Crippen LogP contribution in [0.25, 0.3) is 6.08 Å². The van der Waals surface area contributed by atoms with Crippen molar-refractivity contribution < 1.29 is 38.4 Å². The van der Waals surface area contributed by atoms with Crippen LogP contribution in [0.1, 0.15) is 29.8 Å². The Labute approximate surface area is 183 Å². The number of carboxylic acids is 1. The Kier molecular flexibility index (Phi) is 5.72. The molecule has 2 aliphatic rings. The maximum absolute atomic E-state index is 12.7. The third-order valence-electron chi connectivity index (χ3n) is 4.95. The molecule has 2 heterocycles. The first kappa shape index (κ1) is 21.2. The number of Topliss-reactive ketones (excluding diaryl/α,β-unsaturated/α-hetero) is 1. The Morgan fingerprint density at radius 3 is 2.66 bits per heavy atom. The highest BCUT2D eigenvalue weighted by atomic mass is 16.7. The van der Waals surface area contributed by atoms with Gasteiger partial charge in [0, 0.05) is 6.07 Å². The highest BCUT2D eigenvalue weighted by Crippen LogP contribution is 2.37. The lowest BCUT2D eigenvalue weighted by molar-refractivity contribution is -0.143. The maximum atomic E-state index is 12.7. The van der Waals surface area contributed by atoms with E-state index in [0.29, 0.717) is 28.6 Å². The van der Waals surface area contributed by atoms with E-state index in [0.717, 1.165) is 5.56 Å². The summed E-state index contributed by atoms with van der Waals surface area (Å²) in [7, 11) is 0. The first-order chi connectivity index (χ1) is 15.3. The van der Waals surface area contributed by atoms with Gasteiger partial charge in [-0.15, -0.1) is 0 Å². The smallest absolute Gasteiger partial charge is 0.326 e. The van der Waals surface area contributed by atoms with E-state index in [1.807, 2.05) is 0 Å². The molecule has 9 heteroatoms. The van der Waals surface area contributed by atoms with E-state index in [1.165, 1.54) is 6.07 Å². The van der Waals surface area contributed by atoms with Crippen molar-refractivity contribution in [2.75, 3.05) is 13.4 Å². The number of nitrogens with one attached hydrogen (secondary N) is 1. The molecule has 1 unspecified atom stereocenters. The Balaban J connectivity index is 1.42. The standard InChI is InChI=1S/C23H21NO8/c1-12(2)21(23(27)28)24-20(25)10-29-14-4-5-15-17(9-14)32-19(22(15)26)8-13-3-6-16-18(7-13)31-11-30-16/h3-9,12,21H,10-11H2,1-2H3,(H,24,25)(H,27,28). The van der Waals surface area contributed by atoms with Gasteiger partial charge in [-0.05, 0) is 41.8 Å². The van der Waals surface area contributed by atoms with Crippen molar-refractivity contribution in [3.8, 4) is 23.0 Å². The van der Waals surface area contributed by atoms with Crippen LogP contribution in [-0.2, 0) is 9.59 Å². The molecule has 1 amide bonds. The molecule has 0 saturated heterocycles. The molecule has 4 rings (SSSR count). The van der Waals surface area contributed by atoms with Gasteiger partial charge in [0.15, 0.2) is 23.9 Å². The maximum Gasteiger partial charge on any atom is 0.326 e. The molecule has 32 heavy (non-hydrogen) atoms. The molecule has 0 aliphatic carbocycles. The van der Waals surface area contributed by atoms with Gasteiger partial charge in [-0.25, -0.2) is 4.79 Å². The second kappa shape index (κ2) is 8.62. The highest BCUT2D eigenvalue weighted by Gasteiger charge is 2.28. The minimum Gasteiger partial charge on any atom is -0.484 e. The van der Waals surface area contributed by atoms with Crippen molar-refractivity contribution in [1.29, 1.82) is 0 Å². The minimum absolute atomic E-state index is 0.148. The number of benzene rings is 2. The number of ether oxygens (including phenoxy) is 4. The molecular formula is C23H21NO8. The molecule has 0 radical (unpaired) electrons. The fourth-order valence-corrected chi connectivity index (χ4v) is 3.29. The molecule has 9 nitrogen and oxygen atoms in total. The van der Waals surface area contributed by atoms with Crippen molar-refractivity contribution in [1.82, 2.24) is 5.32 Å². The number of carboxylic acid groups (broad SMARTS) is 1. The summed E-state index contributed by atoms with van der Waals surface area (Å²) in [5.41, 5.74) is 1.09. The Hall–Kier alpha value is -4.01. The van der Waals surface area contributed by atoms with Crippen molar-refractivity contribution in [3.63, 3.8) is 0 Å². The summed E-state index contributed by atoms with van der Waals surface area (Å²) in [5.74, 6) is -0.213. The van der Waals surface area contributed by atoms with Crippen molar-refractivity contribution in [3.05, 3.63) is 53.3 Å². The Bertz CT molecular complexity index is 1120. The van der Waals surface area contributed by atoms with E-state index in [4.69, 9.17) is 24.1 Å². The molecule has 0 bridgehead atoms. The van der Waals surface area contributed by atoms with Crippen LogP contribution in [-0.4, -0.2) is 42.2 Å². The largest absolute Gasteiger partial charge is 0.484 e. The number of fused-ring (bicyclic) bond motifs is 2. The molecule has 0 saturated carbocycles. The molecule has 0 spiro atoms. The molecule has 0 aromatic heterocycles. The molecular weight excluding hydrogens is 418 g/mol. The third kappa shape index (κ3) is 4.36. The summed E-state index contributed by atoms with van der Waals surface area (Å²) < 4.78 is 21.8. The average Bonchev–Trinajstić information content (AvgIpc) is 3.34. The summed E-state index contributed by atoms with van der Waals surface area (Å²) in [6, 6.07) is 8.91. The molecule has 0 fully saturated rings. The average molecular weight is 439 g/mol. The third-order valence-corrected chi connectivity index (χ3v) is 4.95. The van der Waals surface area contributed by atoms with E-state index in [1.54, 1.807) is 50.3 Å². The van der Waals surface area contributed by atoms with Crippen LogP contribution in [0.4, 0.5) is 0 Å². The zero-order valence-corrected chi connectivity index (χ0v) is 17.4. The topological polar surface area (TPSA) is 120 Å². The number of rotatable bonds is 7. The van der Waals surface area contributed by atoms with E-state index in [9.17, 15) is 14.4 Å². The number of carbonyl (C=O) groups is 3. The lowest BCUT2D eigenvalue weighted by atomic mass is 10.1. The van der Waals surface area contributed by atoms with Gasteiger partial charge in [-0.2, -0.15) is 0 Å². The zero-order valence-electron chi connectivity index (χ0n) is 17.4. The monoisotopic (exact) mass is 439 g/mol. The summed E-state index contributed by atoms with van der Waals surface area (Å²) >= 11 is 0. The van der Waals surface area contributed by atoms with E-state index in [2.05, 4.69) is 5.32 Å². The van der Waals surface area contributed by atoms with Crippen LogP contribution in [0.2, 0.25) is 0 Å². The summed E-state index contributed by atoms with van der Waals surface area (Å²) in [6.45, 7) is 3.18. The van der Waals surface area contributed by atoms with Crippen LogP contribution in [0.5, 0.6) is 23.0 Å². The van der Waals surface area contributed by atoms with Gasteiger partial charge >= 0.3 is 5.97 Å². The number of hydrogen-bond donors (Lipinski definition) is 2. The van der Waals surface area contributed by atoms with Gasteiger partial charge in [0.25, 0.3) is 5.91 Å². The number of allylic oxidation sites excluding steroid dienone is 1. The first-order valence-corrected chi connectivity index (χ1v) is 9.94. The van der Waals surface area contributed by atoms with E-state index in [-0.39, 0.29) is 30.9 Å². The Morgan fingerprint density at radius 1 is 1.12 bits per heavy atom. The van der Waals surface area contributed by atoms with Gasteiger partial charge in [-0.3, -0.25) is 9.59 Å². The fourth-order valence-electron chi connectivity index (χ4n) is 3.29. The van der Waals surface area contributed by atoms with Crippen molar-refractivity contribution >= 4 is 23.7 Å². The van der Waals surface area contributed by atoms with Gasteiger partial charge < -0.3 is 29.4 Å². The van der Waals surface area contributed by atoms with Gasteiger partial charge in [0.05, 0.1) is 5.56 Å². The number of ketones is 1. The van der Waals surface area contributed by atoms with Crippen LogP contribution in [0.3, 0.4) is 0 Å². The van der Waals surface area contributed by atoms with Gasteiger partial charge in [0.1, 0.15) is 17.5 Å². The predicted octanol–water partition coefficient (Wildman–Crippen LogP) is 2.64. The van der Waals surface area contributed by atoms with E-state index < -0.39 is 17.9 Å². The number of amides is 1. The molecule has 2 N–H and O–H groups in total. The van der Waals surface area contributed by atoms with Crippen LogP contribution in [0.15, 0.2) is 42.2 Å². The molecule has 166 valence electrons. The first-order valence-electron chi connectivity index (χ1n) is 9.94. The SMILES string of the molecule is CC(C)C(NC(=O)COc1ccc2c(c1)OC(=Cc1ccc3c(c1)OCO3)C2=O)C(=O)O. The lowest BCUT2D eigenvalue weighted by Gasteiger charge is -2.18. The van der Waals surface area contributed by atoms with E-state index >= 15 is 0 Å². The molecule has 2 aromatic rings. The Morgan fingerprint density at radius 2 is 1.91 bits per heavy atom. The molecule has 2 aliphatic heterocycles. The predicted molar refractivity (Wildman–Crippen MR) is 112 cm³/mol. The lowest BCUT2D eigenvalue weighted by Crippen LogP contribution is -2.46. The second-order valence-corrected chi connectivity index (χ2v) is 7.63. The van der Waals surface area contributed by atoms with Crippen LogP contribution >= 0.6 is 0 Å². The number of aliphatic carboxylic acids is 1. The minimum atomic E-state index is -1.11. The second-order valence-electron chi connectivity index (χ2n) is 7.63. The highest BCUT2D eigenvalue weighted by molar-refractivity contribution is 6.14. The van der Waals surface area contributed by atoms with Crippen LogP contribution < -0.4 is 24.3 Å². The summed E-state index contributed by atoms with van der Waals surface area (Å²) in [4.78, 5) is 35.9. The molecule has 1 atom stereocenters. The molecule has 2 aromatic carbocycles. The van der Waals surface area contributed by atoms with Gasteiger partial charge in [0.2, 0.25) is 12.6 Å². The zero-order chi connectivity index (χ0) is 22.8. The van der Waals surface area contributed by atoms with Crippen LogP contribution in [0, 0.1) is 5.92 Å². The normalized spacial score (nSPS) is 16.0. The summed E-state index contributed by atoms with van der Waals surface area (Å²) in [6.07, 6.45) is 1.61. The van der Waals surface area contributed by atoms with Crippen molar-refractivity contribution in [2.45, 2.75) is 19.9 Å². The fraction of sp³-hybridized carbons (Fsp3) is 0.261. The number of carbonyl (C=O) groups excluding carboxylic acids is 2. The quantitative estimate of drug-likeness (QED) is 0.632.